The van der Waals surface area contributed by atoms with Gasteiger partial charge in [-0.05, 0) is 51.4 Å². The number of carbonyl (C=O) groups excluding carboxylic acids is 1. The second kappa shape index (κ2) is 53.5. The smallest absolute Gasteiger partial charge is 0.387 e. The normalized spacial score (nSPS) is 14.1. The van der Waals surface area contributed by atoms with Crippen molar-refractivity contribution in [1.82, 2.24) is 5.32 Å². The molecule has 0 aromatic carbocycles. The van der Waals surface area contributed by atoms with E-state index in [2.05, 4.69) is 43.5 Å². The van der Waals surface area contributed by atoms with Crippen LogP contribution in [0.4, 0.5) is 0 Å². The van der Waals surface area contributed by atoms with Gasteiger partial charge in [-0.1, -0.05) is 281 Å². The summed E-state index contributed by atoms with van der Waals surface area (Å²) in [5.41, 5.74) is 0. The van der Waals surface area contributed by atoms with Crippen molar-refractivity contribution in [1.29, 1.82) is 0 Å². The number of phosphoric ester groups is 1. The number of nitrogens with zero attached hydrogens (tertiary/aromatic N) is 1. The highest BCUT2D eigenvalue weighted by molar-refractivity contribution is 7.47. The molecule has 0 fully saturated rings. The molecule has 8 nitrogen and oxygen atoms in total. The number of hydrogen-bond acceptors (Lipinski definition) is 5. The maximum Gasteiger partial charge on any atom is 0.472 e. The van der Waals surface area contributed by atoms with Crippen LogP contribution in [0.2, 0.25) is 0 Å². The molecule has 0 heterocycles. The highest BCUT2D eigenvalue weighted by Gasteiger charge is 2.27. The van der Waals surface area contributed by atoms with Gasteiger partial charge in [0.05, 0.1) is 39.9 Å². The van der Waals surface area contributed by atoms with Gasteiger partial charge in [-0.15, -0.1) is 0 Å². The van der Waals surface area contributed by atoms with Crippen molar-refractivity contribution in [2.75, 3.05) is 40.9 Å². The summed E-state index contributed by atoms with van der Waals surface area (Å²) in [6, 6.07) is -0.850. The van der Waals surface area contributed by atoms with E-state index in [-0.39, 0.29) is 19.1 Å². The van der Waals surface area contributed by atoms with Gasteiger partial charge in [0, 0.05) is 6.42 Å². The highest BCUT2D eigenvalue weighted by Crippen LogP contribution is 2.43. The molecule has 0 saturated heterocycles. The molecule has 0 aliphatic carbocycles. The second-order valence-electron chi connectivity index (χ2n) is 22.4. The van der Waals surface area contributed by atoms with E-state index in [4.69, 9.17) is 9.05 Å². The molecule has 9 heteroatoms. The minimum atomic E-state index is -4.35. The first-order chi connectivity index (χ1) is 34.5. The number of likely N-dealkylation sites (N-methyl/N-ethyl adjacent to an activating group) is 1. The molecule has 0 spiro atoms. The van der Waals surface area contributed by atoms with Crippen molar-refractivity contribution in [2.24, 2.45) is 0 Å². The van der Waals surface area contributed by atoms with Gasteiger partial charge in [-0.2, -0.15) is 0 Å². The summed E-state index contributed by atoms with van der Waals surface area (Å²) in [5.74, 6) is -0.178. The summed E-state index contributed by atoms with van der Waals surface area (Å²) in [6.07, 6.45) is 69.7. The van der Waals surface area contributed by atoms with E-state index in [0.717, 1.165) is 44.9 Å². The van der Waals surface area contributed by atoms with E-state index >= 15 is 0 Å². The average molecular weight is 1020 g/mol. The largest absolute Gasteiger partial charge is 0.472 e. The van der Waals surface area contributed by atoms with Crippen LogP contribution in [-0.4, -0.2) is 73.4 Å². The van der Waals surface area contributed by atoms with Gasteiger partial charge in [-0.3, -0.25) is 13.8 Å². The summed E-state index contributed by atoms with van der Waals surface area (Å²) in [4.78, 5) is 23.3. The van der Waals surface area contributed by atoms with Crippen molar-refractivity contribution in [3.63, 3.8) is 0 Å². The lowest BCUT2D eigenvalue weighted by Gasteiger charge is -2.25. The summed E-state index contributed by atoms with van der Waals surface area (Å²) in [5, 5.41) is 14.0. The van der Waals surface area contributed by atoms with Crippen LogP contribution in [0.3, 0.4) is 0 Å². The van der Waals surface area contributed by atoms with Crippen LogP contribution in [0.15, 0.2) is 36.5 Å². The van der Waals surface area contributed by atoms with Gasteiger partial charge >= 0.3 is 7.82 Å². The Morgan fingerprint density at radius 1 is 0.479 bits per heavy atom. The van der Waals surface area contributed by atoms with E-state index < -0.39 is 20.0 Å². The van der Waals surface area contributed by atoms with E-state index in [1.54, 1.807) is 6.08 Å². The number of allylic oxidation sites excluding steroid dienone is 5. The molecule has 0 aliphatic rings. The molecule has 3 N–H and O–H groups in total. The standard InChI is InChI=1S/C62H121N2O6P/c1-6-8-10-12-14-16-18-20-22-24-26-28-29-30-31-32-33-34-36-37-39-41-43-45-47-49-51-53-55-61(65)60(59-70-71(67,68)69-58-57-64(3,4)5)63-62(66)56-54-52-50-48-46-44-42-40-38-35-27-25-23-21-19-17-15-13-11-9-7-2/h19,21,25,27,53,55,60-61,65H,6-18,20,22-24,26,28-52,54,56-59H2,1-5H3,(H-,63,66,67,68)/p+1/b21-19-,27-25-,55-53+. The summed E-state index contributed by atoms with van der Waals surface area (Å²) >= 11 is 0. The molecule has 0 bridgehead atoms. The predicted octanol–water partition coefficient (Wildman–Crippen LogP) is 18.9. The van der Waals surface area contributed by atoms with Crippen LogP contribution in [0.5, 0.6) is 0 Å². The van der Waals surface area contributed by atoms with Crippen LogP contribution in [0, 0.1) is 0 Å². The second-order valence-corrected chi connectivity index (χ2v) is 23.9. The molecule has 0 saturated carbocycles. The number of quaternary nitrogens is 1. The SMILES string of the molecule is CCCCCCC/C=C\C/C=C\CCCCCCCCCCCC(=O)NC(COP(=O)(O)OCC[N+](C)(C)C)C(O)/C=C/CCCCCCCCCCCCCCCCCCCCCCCCCCCC. The number of amides is 1. The van der Waals surface area contributed by atoms with Crippen molar-refractivity contribution in [3.05, 3.63) is 36.5 Å². The lowest BCUT2D eigenvalue weighted by atomic mass is 10.0. The highest BCUT2D eigenvalue weighted by atomic mass is 31.2. The summed E-state index contributed by atoms with van der Waals surface area (Å²) in [6.45, 7) is 4.84. The molecule has 0 aromatic rings. The molecule has 3 atom stereocenters. The monoisotopic (exact) mass is 1020 g/mol. The number of phosphoric acid groups is 1. The number of aliphatic hydroxyl groups excluding tert-OH is 1. The molecule has 71 heavy (non-hydrogen) atoms. The fourth-order valence-electron chi connectivity index (χ4n) is 9.25. The van der Waals surface area contributed by atoms with Gasteiger partial charge < -0.3 is 19.8 Å². The van der Waals surface area contributed by atoms with E-state index in [9.17, 15) is 19.4 Å². The summed E-state index contributed by atoms with van der Waals surface area (Å²) < 4.78 is 23.8. The quantitative estimate of drug-likeness (QED) is 0.0243. The van der Waals surface area contributed by atoms with Crippen LogP contribution >= 0.6 is 7.82 Å². The first-order valence-corrected chi connectivity index (χ1v) is 32.4. The van der Waals surface area contributed by atoms with E-state index in [1.165, 1.54) is 238 Å². The third-order valence-corrected chi connectivity index (χ3v) is 15.1. The number of unbranched alkanes of at least 4 members (excludes halogenated alkanes) is 40. The number of carbonyl (C=O) groups is 1. The Kier molecular flexibility index (Phi) is 52.6. The first-order valence-electron chi connectivity index (χ1n) is 30.9. The zero-order chi connectivity index (χ0) is 52.0. The molecular formula is C62H122N2O6P+. The Labute approximate surface area is 442 Å². The van der Waals surface area contributed by atoms with Crippen LogP contribution in [-0.2, 0) is 18.4 Å². The van der Waals surface area contributed by atoms with E-state index in [1.807, 2.05) is 27.2 Å². The fourth-order valence-corrected chi connectivity index (χ4v) is 9.99. The Bertz CT molecular complexity index is 1250. The Morgan fingerprint density at radius 2 is 0.803 bits per heavy atom. The van der Waals surface area contributed by atoms with Crippen molar-refractivity contribution < 1.29 is 32.9 Å². The number of aliphatic hydroxyl groups is 1. The van der Waals surface area contributed by atoms with Crippen molar-refractivity contribution in [3.8, 4) is 0 Å². The molecular weight excluding hydrogens is 900 g/mol. The van der Waals surface area contributed by atoms with Gasteiger partial charge in [0.1, 0.15) is 13.2 Å². The minimum Gasteiger partial charge on any atom is -0.387 e. The number of hydrogen-bond donors (Lipinski definition) is 3. The van der Waals surface area contributed by atoms with Gasteiger partial charge in [0.15, 0.2) is 0 Å². The third-order valence-electron chi connectivity index (χ3n) is 14.1. The lowest BCUT2D eigenvalue weighted by molar-refractivity contribution is -0.870. The Hall–Kier alpha value is -1.28. The van der Waals surface area contributed by atoms with Crippen LogP contribution < -0.4 is 5.32 Å². The molecule has 420 valence electrons. The van der Waals surface area contributed by atoms with Gasteiger partial charge in [-0.25, -0.2) is 4.57 Å². The van der Waals surface area contributed by atoms with Crippen LogP contribution in [0.1, 0.15) is 303 Å². The van der Waals surface area contributed by atoms with Gasteiger partial charge in [0.2, 0.25) is 5.91 Å². The molecule has 0 rings (SSSR count). The predicted molar refractivity (Wildman–Crippen MR) is 309 cm³/mol. The Balaban J connectivity index is 4.15. The number of rotatable bonds is 57. The fraction of sp³-hybridized carbons (Fsp3) is 0.887. The van der Waals surface area contributed by atoms with Crippen molar-refractivity contribution in [2.45, 2.75) is 315 Å². The van der Waals surface area contributed by atoms with Crippen molar-refractivity contribution >= 4 is 13.7 Å². The lowest BCUT2D eigenvalue weighted by Crippen LogP contribution is -2.45. The maximum absolute atomic E-state index is 13.0. The Morgan fingerprint density at radius 3 is 1.15 bits per heavy atom. The molecule has 0 aliphatic heterocycles. The molecule has 0 aromatic heterocycles. The topological polar surface area (TPSA) is 105 Å². The zero-order valence-corrected chi connectivity index (χ0v) is 48.9. The summed E-state index contributed by atoms with van der Waals surface area (Å²) in [7, 11) is 1.58. The zero-order valence-electron chi connectivity index (χ0n) is 48.0. The third kappa shape index (κ3) is 56.3. The average Bonchev–Trinajstić information content (AvgIpc) is 3.33. The van der Waals surface area contributed by atoms with Crippen LogP contribution in [0.25, 0.3) is 0 Å². The van der Waals surface area contributed by atoms with E-state index in [0.29, 0.717) is 17.4 Å². The number of nitrogens with one attached hydrogen (secondary N) is 1. The minimum absolute atomic E-state index is 0.0611. The molecule has 0 radical (unpaired) electrons. The molecule has 3 unspecified atom stereocenters. The molecule has 1 amide bonds. The first kappa shape index (κ1) is 69.7. The van der Waals surface area contributed by atoms with Gasteiger partial charge in [0.25, 0.3) is 0 Å². The maximum atomic E-state index is 13.0.